The quantitative estimate of drug-likeness (QED) is 0.606. The first-order chi connectivity index (χ1) is 11.3. The summed E-state index contributed by atoms with van der Waals surface area (Å²) in [6.07, 6.45) is 3.12. The van der Waals surface area contributed by atoms with Crippen LogP contribution in [-0.2, 0) is 18.0 Å². The summed E-state index contributed by atoms with van der Waals surface area (Å²) in [5.41, 5.74) is 2.40. The second kappa shape index (κ2) is 7.77. The predicted octanol–water partition coefficient (Wildman–Crippen LogP) is 3.99. The van der Waals surface area contributed by atoms with Crippen molar-refractivity contribution in [3.63, 3.8) is 0 Å². The predicted molar refractivity (Wildman–Crippen MR) is 95.2 cm³/mol. The highest BCUT2D eigenvalue weighted by Crippen LogP contribution is 2.19. The fraction of sp³-hybridized carbons (Fsp3) is 0.333. The highest BCUT2D eigenvalue weighted by molar-refractivity contribution is 7.91. The number of pyridine rings is 1. The summed E-state index contributed by atoms with van der Waals surface area (Å²) in [4.78, 5) is 4.25. The molecule has 4 nitrogen and oxygen atoms in total. The molecule has 0 fully saturated rings. The molecule has 0 bridgehead atoms. The smallest absolute Gasteiger partial charge is 0.144 e. The number of halogens is 1. The molecule has 128 valence electrons. The number of rotatable bonds is 5. The molecule has 0 radical (unpaired) electrons. The van der Waals surface area contributed by atoms with Gasteiger partial charge in [0.25, 0.3) is 0 Å². The number of benzene rings is 1. The molecule has 6 heteroatoms. The fourth-order valence-electron chi connectivity index (χ4n) is 1.79. The molecule has 0 aliphatic rings. The van der Waals surface area contributed by atoms with Crippen LogP contribution in [0.25, 0.3) is 0 Å². The van der Waals surface area contributed by atoms with Crippen molar-refractivity contribution in [3.05, 3.63) is 59.2 Å². The Bertz CT molecular complexity index is 712. The third kappa shape index (κ3) is 5.32. The Morgan fingerprint density at radius 1 is 1.29 bits per heavy atom. The van der Waals surface area contributed by atoms with Gasteiger partial charge in [0.05, 0.1) is 11.9 Å². The van der Waals surface area contributed by atoms with Crippen LogP contribution in [0.3, 0.4) is 0 Å². The molecule has 0 amide bonds. The molecule has 2 rings (SSSR count). The van der Waals surface area contributed by atoms with E-state index >= 15 is 0 Å². The summed E-state index contributed by atoms with van der Waals surface area (Å²) < 4.78 is 34.1. The highest BCUT2D eigenvalue weighted by Gasteiger charge is 2.25. The molecule has 1 heterocycles. The first-order valence-corrected chi connectivity index (χ1v) is 8.66. The fourth-order valence-corrected chi connectivity index (χ4v) is 2.31. The largest absolute Gasteiger partial charge is 0.591 e. The Balaban J connectivity index is 2.01. The molecule has 0 saturated carbocycles. The maximum Gasteiger partial charge on any atom is 0.144 e. The average molecular weight is 348 g/mol. The van der Waals surface area contributed by atoms with Gasteiger partial charge >= 0.3 is 0 Å². The molecule has 0 aliphatic heterocycles. The molecule has 0 saturated heterocycles. The number of nitrogens with zero attached hydrogens (tertiary/aromatic N) is 2. The minimum atomic E-state index is -1.31. The lowest BCUT2D eigenvalue weighted by Crippen LogP contribution is -2.25. The first-order valence-electron chi connectivity index (χ1n) is 7.55. The van der Waals surface area contributed by atoms with Crippen LogP contribution in [0.5, 0.6) is 5.75 Å². The van der Waals surface area contributed by atoms with Gasteiger partial charge in [-0.2, -0.15) is 0 Å². The molecule has 0 N–H and O–H groups in total. The molecule has 1 aromatic heterocycles. The third-order valence-electron chi connectivity index (χ3n) is 3.20. The van der Waals surface area contributed by atoms with Gasteiger partial charge in [0.1, 0.15) is 40.5 Å². The van der Waals surface area contributed by atoms with Gasteiger partial charge in [0.15, 0.2) is 0 Å². The first kappa shape index (κ1) is 18.4. The second-order valence-corrected chi connectivity index (χ2v) is 8.32. The monoisotopic (exact) mass is 348 g/mol. The standard InChI is InChI=1S/C18H21FN2O2S/c1-13-9-16(10-21-24(22)18(2,3)4)20-11-17(13)23-12-14-5-7-15(19)8-6-14/h5-11H,12H2,1-4H3/b21-10+. The average Bonchev–Trinajstić information content (AvgIpc) is 2.52. The zero-order chi connectivity index (χ0) is 17.7. The van der Waals surface area contributed by atoms with Gasteiger partial charge in [-0.05, 0) is 57.0 Å². The van der Waals surface area contributed by atoms with Crippen molar-refractivity contribution in [1.29, 1.82) is 0 Å². The highest BCUT2D eigenvalue weighted by atomic mass is 32.2. The van der Waals surface area contributed by atoms with E-state index in [4.69, 9.17) is 4.74 Å². The lowest BCUT2D eigenvalue weighted by molar-refractivity contribution is 0.302. The lowest BCUT2D eigenvalue weighted by Gasteiger charge is -2.17. The van der Waals surface area contributed by atoms with Gasteiger partial charge < -0.3 is 9.29 Å². The van der Waals surface area contributed by atoms with Crippen LogP contribution >= 0.6 is 0 Å². The topological polar surface area (TPSA) is 57.5 Å². The summed E-state index contributed by atoms with van der Waals surface area (Å²) in [7, 11) is 0. The molecular weight excluding hydrogens is 327 g/mol. The Morgan fingerprint density at radius 3 is 2.54 bits per heavy atom. The Morgan fingerprint density at radius 2 is 1.96 bits per heavy atom. The van der Waals surface area contributed by atoms with Gasteiger partial charge in [0.2, 0.25) is 0 Å². The van der Waals surface area contributed by atoms with E-state index in [1.54, 1.807) is 18.3 Å². The van der Waals surface area contributed by atoms with E-state index in [0.717, 1.165) is 11.1 Å². The van der Waals surface area contributed by atoms with Crippen molar-refractivity contribution in [2.75, 3.05) is 0 Å². The van der Waals surface area contributed by atoms with Crippen LogP contribution in [-0.4, -0.2) is 20.5 Å². The SMILES string of the molecule is Cc1cc(/C=N/[S+]([O-])C(C)(C)C)ncc1OCc1ccc(F)cc1. The number of aryl methyl sites for hydroxylation is 1. The van der Waals surface area contributed by atoms with Gasteiger partial charge in [-0.1, -0.05) is 16.5 Å². The van der Waals surface area contributed by atoms with E-state index in [-0.39, 0.29) is 5.82 Å². The Labute approximate surface area is 145 Å². The van der Waals surface area contributed by atoms with Crippen molar-refractivity contribution < 1.29 is 13.7 Å². The van der Waals surface area contributed by atoms with Crippen molar-refractivity contribution >= 4 is 17.6 Å². The Hall–Kier alpha value is -1.92. The number of hydrogen-bond acceptors (Lipinski definition) is 4. The maximum absolute atomic E-state index is 12.9. The molecule has 2 aromatic rings. The van der Waals surface area contributed by atoms with Crippen LogP contribution in [0.4, 0.5) is 4.39 Å². The summed E-state index contributed by atoms with van der Waals surface area (Å²) in [6, 6.07) is 7.99. The number of ether oxygens (including phenoxy) is 1. The minimum absolute atomic E-state index is 0.270. The van der Waals surface area contributed by atoms with Gasteiger partial charge in [-0.3, -0.25) is 4.98 Å². The van der Waals surface area contributed by atoms with E-state index in [0.29, 0.717) is 18.1 Å². The lowest BCUT2D eigenvalue weighted by atomic mass is 10.2. The molecule has 24 heavy (non-hydrogen) atoms. The van der Waals surface area contributed by atoms with E-state index in [9.17, 15) is 8.94 Å². The number of aromatic nitrogens is 1. The van der Waals surface area contributed by atoms with Crippen LogP contribution in [0.15, 0.2) is 40.9 Å². The summed E-state index contributed by atoms with van der Waals surface area (Å²) in [5, 5.41) is 0. The zero-order valence-corrected chi connectivity index (χ0v) is 15.1. The molecule has 1 atom stereocenters. The second-order valence-electron chi connectivity index (χ2n) is 6.39. The van der Waals surface area contributed by atoms with Gasteiger partial charge in [-0.15, -0.1) is 0 Å². The van der Waals surface area contributed by atoms with Crippen LogP contribution < -0.4 is 4.74 Å². The molecule has 1 aromatic carbocycles. The van der Waals surface area contributed by atoms with Crippen molar-refractivity contribution in [1.82, 2.24) is 4.98 Å². The van der Waals surface area contributed by atoms with Crippen molar-refractivity contribution in [2.45, 2.75) is 39.0 Å². The van der Waals surface area contributed by atoms with Crippen LogP contribution in [0.1, 0.15) is 37.6 Å². The van der Waals surface area contributed by atoms with E-state index in [1.807, 2.05) is 33.8 Å². The summed E-state index contributed by atoms with van der Waals surface area (Å²) in [5.74, 6) is 0.376. The molecular formula is C18H21FN2O2S. The molecule has 0 spiro atoms. The van der Waals surface area contributed by atoms with Crippen LogP contribution in [0, 0.1) is 12.7 Å². The number of hydrogen-bond donors (Lipinski definition) is 0. The summed E-state index contributed by atoms with van der Waals surface area (Å²) >= 11 is -1.31. The van der Waals surface area contributed by atoms with Gasteiger partial charge in [-0.25, -0.2) is 4.39 Å². The zero-order valence-electron chi connectivity index (χ0n) is 14.2. The van der Waals surface area contributed by atoms with Crippen molar-refractivity contribution in [3.8, 4) is 5.75 Å². The maximum atomic E-state index is 12.9. The van der Waals surface area contributed by atoms with E-state index in [1.165, 1.54) is 18.3 Å². The van der Waals surface area contributed by atoms with E-state index in [2.05, 4.69) is 9.38 Å². The Kier molecular flexibility index (Phi) is 5.96. The molecule has 0 aliphatic carbocycles. The third-order valence-corrected chi connectivity index (χ3v) is 4.54. The summed E-state index contributed by atoms with van der Waals surface area (Å²) in [6.45, 7) is 7.84. The van der Waals surface area contributed by atoms with E-state index < -0.39 is 16.1 Å². The van der Waals surface area contributed by atoms with Crippen molar-refractivity contribution in [2.24, 2.45) is 4.40 Å². The normalized spacial score (nSPS) is 13.2. The van der Waals surface area contributed by atoms with Crippen LogP contribution in [0.2, 0.25) is 0 Å². The molecule has 1 unspecified atom stereocenters. The van der Waals surface area contributed by atoms with Gasteiger partial charge in [0, 0.05) is 0 Å². The minimum Gasteiger partial charge on any atom is -0.591 e.